The number of rotatable bonds is 6. The number of nitrogens with zero attached hydrogens (tertiary/aromatic N) is 1. The Balaban J connectivity index is 3.65. The monoisotopic (exact) mass is 171 g/mol. The van der Waals surface area contributed by atoms with Crippen LogP contribution in [-0.2, 0) is 4.79 Å². The molecular weight excluding hydrogens is 150 g/mol. The highest BCUT2D eigenvalue weighted by Crippen LogP contribution is 2.08. The average Bonchev–Trinajstić information content (AvgIpc) is 2.04. The molecule has 0 heterocycles. The molecule has 0 N–H and O–H groups in total. The van der Waals surface area contributed by atoms with Crippen LogP contribution in [0.1, 0.15) is 39.5 Å². The standard InChI is InChI=1S/C10H21NO/c1-5-9(11(3)4)7-8-10(12)6-2/h9H,5-8H2,1-4H3. The molecule has 0 aliphatic heterocycles. The third-order valence-electron chi connectivity index (χ3n) is 2.35. The minimum atomic E-state index is 0.385. The number of carbonyl (C=O) groups excluding carboxylic acids is 1. The smallest absolute Gasteiger partial charge is 0.132 e. The van der Waals surface area contributed by atoms with Gasteiger partial charge in [-0.25, -0.2) is 0 Å². The van der Waals surface area contributed by atoms with E-state index in [1.807, 2.05) is 6.92 Å². The maximum absolute atomic E-state index is 11.0. The summed E-state index contributed by atoms with van der Waals surface area (Å²) in [5, 5.41) is 0. The molecule has 0 rings (SSSR count). The first-order chi connectivity index (χ1) is 5.61. The molecule has 1 atom stereocenters. The Labute approximate surface area is 75.9 Å². The first-order valence-electron chi connectivity index (χ1n) is 4.79. The summed E-state index contributed by atoms with van der Waals surface area (Å²) < 4.78 is 0. The van der Waals surface area contributed by atoms with E-state index >= 15 is 0 Å². The van der Waals surface area contributed by atoms with Crippen LogP contribution >= 0.6 is 0 Å². The second-order valence-electron chi connectivity index (χ2n) is 3.46. The van der Waals surface area contributed by atoms with Gasteiger partial charge >= 0.3 is 0 Å². The Morgan fingerprint density at radius 2 is 1.92 bits per heavy atom. The fourth-order valence-electron chi connectivity index (χ4n) is 1.33. The maximum atomic E-state index is 11.0. The molecule has 0 saturated carbocycles. The summed E-state index contributed by atoms with van der Waals surface area (Å²) in [4.78, 5) is 13.2. The molecule has 0 aliphatic carbocycles. The summed E-state index contributed by atoms with van der Waals surface area (Å²) in [6, 6.07) is 0.570. The van der Waals surface area contributed by atoms with Gasteiger partial charge in [-0.2, -0.15) is 0 Å². The van der Waals surface area contributed by atoms with Crippen molar-refractivity contribution >= 4 is 5.78 Å². The number of hydrogen-bond acceptors (Lipinski definition) is 2. The van der Waals surface area contributed by atoms with Crippen LogP contribution in [0, 0.1) is 0 Å². The lowest BCUT2D eigenvalue weighted by molar-refractivity contribution is -0.119. The predicted molar refractivity (Wildman–Crippen MR) is 52.3 cm³/mol. The third-order valence-corrected chi connectivity index (χ3v) is 2.35. The van der Waals surface area contributed by atoms with Gasteiger partial charge in [0.05, 0.1) is 0 Å². The number of carbonyl (C=O) groups is 1. The molecule has 1 unspecified atom stereocenters. The van der Waals surface area contributed by atoms with Gasteiger partial charge in [-0.05, 0) is 26.9 Å². The van der Waals surface area contributed by atoms with Gasteiger partial charge in [-0.3, -0.25) is 4.79 Å². The molecule has 0 spiro atoms. The lowest BCUT2D eigenvalue weighted by atomic mass is 10.0. The second-order valence-corrected chi connectivity index (χ2v) is 3.46. The van der Waals surface area contributed by atoms with Crippen molar-refractivity contribution in [1.29, 1.82) is 0 Å². The van der Waals surface area contributed by atoms with Gasteiger partial charge in [0.15, 0.2) is 0 Å². The van der Waals surface area contributed by atoms with E-state index < -0.39 is 0 Å². The number of ketones is 1. The molecule has 72 valence electrons. The first kappa shape index (κ1) is 11.6. The van der Waals surface area contributed by atoms with Gasteiger partial charge in [0.25, 0.3) is 0 Å². The molecule has 0 aromatic carbocycles. The van der Waals surface area contributed by atoms with Crippen LogP contribution in [0.3, 0.4) is 0 Å². The molecule has 0 fully saturated rings. The van der Waals surface area contributed by atoms with Gasteiger partial charge in [0.1, 0.15) is 5.78 Å². The minimum absolute atomic E-state index is 0.385. The molecule has 0 radical (unpaired) electrons. The van der Waals surface area contributed by atoms with E-state index in [9.17, 15) is 4.79 Å². The molecule has 2 heteroatoms. The topological polar surface area (TPSA) is 20.3 Å². The zero-order chi connectivity index (χ0) is 9.56. The summed E-state index contributed by atoms with van der Waals surface area (Å²) in [7, 11) is 4.15. The van der Waals surface area contributed by atoms with Crippen LogP contribution in [-0.4, -0.2) is 30.8 Å². The van der Waals surface area contributed by atoms with Gasteiger partial charge < -0.3 is 4.90 Å². The Morgan fingerprint density at radius 1 is 1.33 bits per heavy atom. The summed E-state index contributed by atoms with van der Waals surface area (Å²) in [6.45, 7) is 4.10. The van der Waals surface area contributed by atoms with E-state index in [4.69, 9.17) is 0 Å². The molecule has 12 heavy (non-hydrogen) atoms. The lowest BCUT2D eigenvalue weighted by Crippen LogP contribution is -2.27. The maximum Gasteiger partial charge on any atom is 0.132 e. The SMILES string of the molecule is CCC(=O)CCC(CC)N(C)C. The second kappa shape index (κ2) is 6.18. The normalized spacial score (nSPS) is 13.4. The van der Waals surface area contributed by atoms with Crippen LogP contribution in [0.15, 0.2) is 0 Å². The largest absolute Gasteiger partial charge is 0.306 e. The zero-order valence-electron chi connectivity index (χ0n) is 8.76. The van der Waals surface area contributed by atoms with E-state index in [1.54, 1.807) is 0 Å². The van der Waals surface area contributed by atoms with Crippen LogP contribution in [0.4, 0.5) is 0 Å². The molecule has 0 aromatic rings. The molecule has 0 aliphatic rings. The summed E-state index contributed by atoms with van der Waals surface area (Å²) in [6.07, 6.45) is 3.57. The van der Waals surface area contributed by atoms with Crippen LogP contribution in [0.5, 0.6) is 0 Å². The van der Waals surface area contributed by atoms with Crippen molar-refractivity contribution in [2.75, 3.05) is 14.1 Å². The Morgan fingerprint density at radius 3 is 2.25 bits per heavy atom. The van der Waals surface area contributed by atoms with E-state index in [0.29, 0.717) is 18.2 Å². The molecule has 0 amide bonds. The van der Waals surface area contributed by atoms with Crippen molar-refractivity contribution in [1.82, 2.24) is 4.90 Å². The van der Waals surface area contributed by atoms with Gasteiger partial charge in [0.2, 0.25) is 0 Å². The van der Waals surface area contributed by atoms with Gasteiger partial charge in [-0.1, -0.05) is 13.8 Å². The van der Waals surface area contributed by atoms with E-state index in [2.05, 4.69) is 25.9 Å². The van der Waals surface area contributed by atoms with E-state index in [1.165, 1.54) is 0 Å². The van der Waals surface area contributed by atoms with Crippen molar-refractivity contribution in [3.8, 4) is 0 Å². The van der Waals surface area contributed by atoms with E-state index in [-0.39, 0.29) is 0 Å². The minimum Gasteiger partial charge on any atom is -0.306 e. The van der Waals surface area contributed by atoms with Crippen LogP contribution in [0.25, 0.3) is 0 Å². The van der Waals surface area contributed by atoms with Crippen molar-refractivity contribution in [3.05, 3.63) is 0 Å². The van der Waals surface area contributed by atoms with Gasteiger partial charge in [0, 0.05) is 18.9 Å². The highest BCUT2D eigenvalue weighted by atomic mass is 16.1. The van der Waals surface area contributed by atoms with Crippen molar-refractivity contribution < 1.29 is 4.79 Å². The summed E-state index contributed by atoms with van der Waals surface area (Å²) in [5.41, 5.74) is 0. The Hall–Kier alpha value is -0.370. The molecule has 0 aromatic heterocycles. The van der Waals surface area contributed by atoms with Crippen molar-refractivity contribution in [3.63, 3.8) is 0 Å². The Kier molecular flexibility index (Phi) is 5.99. The summed E-state index contributed by atoms with van der Waals surface area (Å²) in [5.74, 6) is 0.385. The molecule has 0 saturated heterocycles. The highest BCUT2D eigenvalue weighted by molar-refractivity contribution is 5.77. The summed E-state index contributed by atoms with van der Waals surface area (Å²) >= 11 is 0. The molecule has 2 nitrogen and oxygen atoms in total. The highest BCUT2D eigenvalue weighted by Gasteiger charge is 2.09. The lowest BCUT2D eigenvalue weighted by Gasteiger charge is -2.22. The zero-order valence-corrected chi connectivity index (χ0v) is 8.76. The number of Topliss-reactive ketones (excluding diaryl/α,β-unsaturated/α-hetero) is 1. The molecular formula is C10H21NO. The Bertz CT molecular complexity index is 132. The molecule has 0 bridgehead atoms. The average molecular weight is 171 g/mol. The van der Waals surface area contributed by atoms with Gasteiger partial charge in [-0.15, -0.1) is 0 Å². The fraction of sp³-hybridized carbons (Fsp3) is 0.900. The third kappa shape index (κ3) is 4.50. The van der Waals surface area contributed by atoms with Crippen molar-refractivity contribution in [2.24, 2.45) is 0 Å². The number of hydrogen-bond donors (Lipinski definition) is 0. The van der Waals surface area contributed by atoms with E-state index in [0.717, 1.165) is 19.3 Å². The van der Waals surface area contributed by atoms with Crippen LogP contribution in [0.2, 0.25) is 0 Å². The first-order valence-corrected chi connectivity index (χ1v) is 4.79. The quantitative estimate of drug-likeness (QED) is 0.610. The predicted octanol–water partition coefficient (Wildman–Crippen LogP) is 2.09. The van der Waals surface area contributed by atoms with Crippen molar-refractivity contribution in [2.45, 2.75) is 45.6 Å². The van der Waals surface area contributed by atoms with Crippen LogP contribution < -0.4 is 0 Å². The fourth-order valence-corrected chi connectivity index (χ4v) is 1.33.